The lowest BCUT2D eigenvalue weighted by atomic mass is 10.1. The Bertz CT molecular complexity index is 713. The summed E-state index contributed by atoms with van der Waals surface area (Å²) < 4.78 is 0. The normalized spacial score (nSPS) is 13.1. The van der Waals surface area contributed by atoms with Crippen molar-refractivity contribution in [2.24, 2.45) is 0 Å². The number of nitrogens with one attached hydrogen (secondary N) is 1. The summed E-state index contributed by atoms with van der Waals surface area (Å²) in [6.45, 7) is 0.540. The van der Waals surface area contributed by atoms with Crippen LogP contribution in [-0.4, -0.2) is 30.4 Å². The van der Waals surface area contributed by atoms with Gasteiger partial charge in [0.1, 0.15) is 5.69 Å². The van der Waals surface area contributed by atoms with E-state index in [-0.39, 0.29) is 11.8 Å². The molecule has 1 aliphatic rings. The first-order chi connectivity index (χ1) is 10.6. The summed E-state index contributed by atoms with van der Waals surface area (Å²) in [7, 11) is 1.79. The summed E-state index contributed by atoms with van der Waals surface area (Å²) in [6, 6.07) is 11.3. The molecule has 0 bridgehead atoms. The summed E-state index contributed by atoms with van der Waals surface area (Å²) in [6.07, 6.45) is 2.78. The summed E-state index contributed by atoms with van der Waals surface area (Å²) in [4.78, 5) is 29.2. The number of fused-ring (bicyclic) bond motifs is 1. The first kappa shape index (κ1) is 14.3. The van der Waals surface area contributed by atoms with Gasteiger partial charge in [-0.25, -0.2) is 0 Å². The zero-order valence-corrected chi connectivity index (χ0v) is 12.4. The number of nitrogens with zero attached hydrogens (tertiary/aromatic N) is 2. The number of benzene rings is 1. The third-order valence-corrected chi connectivity index (χ3v) is 3.82. The Morgan fingerprint density at radius 3 is 2.95 bits per heavy atom. The van der Waals surface area contributed by atoms with Gasteiger partial charge in [-0.15, -0.1) is 0 Å². The number of pyridine rings is 1. The number of likely N-dealkylation sites (N-methyl/N-ethyl adjacent to an activating group) is 1. The molecule has 2 heterocycles. The molecule has 1 aromatic carbocycles. The molecule has 0 atom stereocenters. The summed E-state index contributed by atoms with van der Waals surface area (Å²) in [5.41, 5.74) is 3.57. The minimum Gasteiger partial charge on any atom is -0.350 e. The minimum atomic E-state index is -0.170. The fraction of sp³-hybridized carbons (Fsp3) is 0.235. The average molecular weight is 295 g/mol. The maximum Gasteiger partial charge on any atom is 0.269 e. The monoisotopic (exact) mass is 295 g/mol. The van der Waals surface area contributed by atoms with Crippen molar-refractivity contribution in [3.8, 4) is 0 Å². The number of aromatic nitrogens is 1. The average Bonchev–Trinajstić information content (AvgIpc) is 2.82. The van der Waals surface area contributed by atoms with Crippen molar-refractivity contribution in [2.45, 2.75) is 12.8 Å². The molecule has 2 amide bonds. The smallest absolute Gasteiger partial charge is 0.269 e. The number of hydrogen-bond acceptors (Lipinski definition) is 3. The first-order valence-corrected chi connectivity index (χ1v) is 7.23. The van der Waals surface area contributed by atoms with Crippen LogP contribution in [0.5, 0.6) is 0 Å². The van der Waals surface area contributed by atoms with Crippen LogP contribution in [0.1, 0.15) is 21.6 Å². The fourth-order valence-corrected chi connectivity index (χ4v) is 2.59. The van der Waals surface area contributed by atoms with Crippen LogP contribution in [0, 0.1) is 0 Å². The molecular formula is C17H17N3O2. The Hall–Kier alpha value is -2.69. The second kappa shape index (κ2) is 5.97. The van der Waals surface area contributed by atoms with Crippen LogP contribution >= 0.6 is 0 Å². The van der Waals surface area contributed by atoms with Gasteiger partial charge in [-0.05, 0) is 35.7 Å². The van der Waals surface area contributed by atoms with E-state index in [4.69, 9.17) is 0 Å². The van der Waals surface area contributed by atoms with Gasteiger partial charge in [0.05, 0.1) is 6.42 Å². The molecule has 112 valence electrons. The lowest BCUT2D eigenvalue weighted by molar-refractivity contribution is -0.117. The fourth-order valence-electron chi connectivity index (χ4n) is 2.59. The van der Waals surface area contributed by atoms with Crippen molar-refractivity contribution in [3.05, 3.63) is 59.4 Å². The molecule has 1 N–H and O–H groups in total. The highest BCUT2D eigenvalue weighted by Crippen LogP contribution is 2.28. The molecule has 22 heavy (non-hydrogen) atoms. The summed E-state index contributed by atoms with van der Waals surface area (Å²) >= 11 is 0. The molecule has 2 aromatic rings. The highest BCUT2D eigenvalue weighted by molar-refractivity contribution is 6.00. The number of carbonyl (C=O) groups excluding carboxylic acids is 2. The van der Waals surface area contributed by atoms with Gasteiger partial charge in [-0.2, -0.15) is 0 Å². The standard InChI is InChI=1S/C17H17N3O2/c1-20-15-6-5-12(10-13(15)11-16(20)21)7-9-19-17(22)14-4-2-3-8-18-14/h2-6,8,10H,7,9,11H2,1H3,(H,19,22). The largest absolute Gasteiger partial charge is 0.350 e. The van der Waals surface area contributed by atoms with Gasteiger partial charge in [0.2, 0.25) is 5.91 Å². The molecule has 0 aliphatic carbocycles. The third-order valence-electron chi connectivity index (χ3n) is 3.82. The zero-order valence-electron chi connectivity index (χ0n) is 12.4. The molecule has 0 saturated carbocycles. The predicted octanol–water partition coefficient (Wildman–Crippen LogP) is 1.57. The minimum absolute atomic E-state index is 0.121. The van der Waals surface area contributed by atoms with Gasteiger partial charge in [-0.3, -0.25) is 14.6 Å². The van der Waals surface area contributed by atoms with Gasteiger partial charge in [0, 0.05) is 25.5 Å². The Kier molecular flexibility index (Phi) is 3.87. The molecule has 1 aromatic heterocycles. The van der Waals surface area contributed by atoms with Crippen molar-refractivity contribution >= 4 is 17.5 Å². The summed E-state index contributed by atoms with van der Waals surface area (Å²) in [5.74, 6) is -0.0488. The van der Waals surface area contributed by atoms with E-state index in [2.05, 4.69) is 10.3 Å². The quantitative estimate of drug-likeness (QED) is 0.931. The molecule has 0 fully saturated rings. The second-order valence-corrected chi connectivity index (χ2v) is 5.31. The topological polar surface area (TPSA) is 62.3 Å². The van der Waals surface area contributed by atoms with E-state index in [9.17, 15) is 9.59 Å². The van der Waals surface area contributed by atoms with Crippen LogP contribution in [0.3, 0.4) is 0 Å². The zero-order chi connectivity index (χ0) is 15.5. The number of hydrogen-bond donors (Lipinski definition) is 1. The van der Waals surface area contributed by atoms with E-state index in [0.717, 1.165) is 23.2 Å². The van der Waals surface area contributed by atoms with E-state index >= 15 is 0 Å². The number of anilines is 1. The Balaban J connectivity index is 1.58. The van der Waals surface area contributed by atoms with E-state index < -0.39 is 0 Å². The van der Waals surface area contributed by atoms with E-state index in [1.165, 1.54) is 0 Å². The van der Waals surface area contributed by atoms with Gasteiger partial charge < -0.3 is 10.2 Å². The number of carbonyl (C=O) groups is 2. The first-order valence-electron chi connectivity index (χ1n) is 7.23. The Labute approximate surface area is 129 Å². The molecule has 3 rings (SSSR count). The Morgan fingerprint density at radius 1 is 1.32 bits per heavy atom. The van der Waals surface area contributed by atoms with Crippen LogP contribution in [0.25, 0.3) is 0 Å². The van der Waals surface area contributed by atoms with E-state index in [1.807, 2.05) is 18.2 Å². The molecule has 0 spiro atoms. The molecule has 0 saturated heterocycles. The second-order valence-electron chi connectivity index (χ2n) is 5.31. The van der Waals surface area contributed by atoms with Crippen molar-refractivity contribution < 1.29 is 9.59 Å². The van der Waals surface area contributed by atoms with Gasteiger partial charge >= 0.3 is 0 Å². The van der Waals surface area contributed by atoms with Crippen molar-refractivity contribution in [1.29, 1.82) is 0 Å². The van der Waals surface area contributed by atoms with Crippen molar-refractivity contribution in [3.63, 3.8) is 0 Å². The molecular weight excluding hydrogens is 278 g/mol. The van der Waals surface area contributed by atoms with Crippen molar-refractivity contribution in [1.82, 2.24) is 10.3 Å². The van der Waals surface area contributed by atoms with Crippen LogP contribution in [-0.2, 0) is 17.6 Å². The van der Waals surface area contributed by atoms with Crippen LogP contribution in [0.2, 0.25) is 0 Å². The van der Waals surface area contributed by atoms with Gasteiger partial charge in [0.15, 0.2) is 0 Å². The highest BCUT2D eigenvalue weighted by Gasteiger charge is 2.23. The number of amides is 2. The Morgan fingerprint density at radius 2 is 2.18 bits per heavy atom. The summed E-state index contributed by atoms with van der Waals surface area (Å²) in [5, 5.41) is 2.85. The molecule has 0 radical (unpaired) electrons. The van der Waals surface area contributed by atoms with Crippen LogP contribution in [0.15, 0.2) is 42.6 Å². The SMILES string of the molecule is CN1C(=O)Cc2cc(CCNC(=O)c3ccccn3)ccc21. The van der Waals surface area contributed by atoms with Gasteiger partial charge in [0.25, 0.3) is 5.91 Å². The third kappa shape index (κ3) is 2.83. The molecule has 5 heteroatoms. The van der Waals surface area contributed by atoms with Crippen molar-refractivity contribution in [2.75, 3.05) is 18.5 Å². The maximum atomic E-state index is 11.9. The molecule has 5 nitrogen and oxygen atoms in total. The van der Waals surface area contributed by atoms with Crippen LogP contribution in [0.4, 0.5) is 5.69 Å². The maximum absolute atomic E-state index is 11.9. The lowest BCUT2D eigenvalue weighted by Crippen LogP contribution is -2.26. The predicted molar refractivity (Wildman–Crippen MR) is 83.8 cm³/mol. The highest BCUT2D eigenvalue weighted by atomic mass is 16.2. The lowest BCUT2D eigenvalue weighted by Gasteiger charge is -2.10. The van der Waals surface area contributed by atoms with Gasteiger partial charge in [-0.1, -0.05) is 18.2 Å². The van der Waals surface area contributed by atoms with Crippen LogP contribution < -0.4 is 10.2 Å². The van der Waals surface area contributed by atoms with E-state index in [0.29, 0.717) is 18.7 Å². The molecule has 1 aliphatic heterocycles. The molecule has 0 unspecified atom stereocenters. The van der Waals surface area contributed by atoms with E-state index in [1.54, 1.807) is 36.3 Å². The number of rotatable bonds is 4.